The first-order valence-corrected chi connectivity index (χ1v) is 8.32. The molecule has 0 radical (unpaired) electrons. The number of benzene rings is 2. The van der Waals surface area contributed by atoms with Crippen LogP contribution in [0.4, 0.5) is 4.39 Å². The summed E-state index contributed by atoms with van der Waals surface area (Å²) in [7, 11) is 0. The Labute approximate surface area is 141 Å². The van der Waals surface area contributed by atoms with Gasteiger partial charge in [-0.3, -0.25) is 0 Å². The lowest BCUT2D eigenvalue weighted by Gasteiger charge is -2.14. The molecule has 0 heterocycles. The van der Waals surface area contributed by atoms with E-state index in [0.29, 0.717) is 15.1 Å². The van der Waals surface area contributed by atoms with Crippen LogP contribution in [-0.4, -0.2) is 0 Å². The van der Waals surface area contributed by atoms with Gasteiger partial charge in [-0.05, 0) is 52.2 Å². The van der Waals surface area contributed by atoms with Crippen molar-refractivity contribution < 1.29 is 4.39 Å². The molecule has 0 aromatic heterocycles. The minimum atomic E-state index is -0.296. The second kappa shape index (κ2) is 6.25. The van der Waals surface area contributed by atoms with E-state index in [-0.39, 0.29) is 10.6 Å². The van der Waals surface area contributed by atoms with E-state index in [9.17, 15) is 4.39 Å². The molecular weight excluding hydrogens is 462 g/mol. The van der Waals surface area contributed by atoms with Crippen molar-refractivity contribution in [1.82, 2.24) is 0 Å². The van der Waals surface area contributed by atoms with E-state index in [4.69, 9.17) is 11.6 Å². The zero-order valence-corrected chi connectivity index (χ0v) is 15.4. The molecule has 0 saturated carbocycles. The van der Waals surface area contributed by atoms with E-state index in [0.717, 1.165) is 15.6 Å². The first kappa shape index (κ1) is 15.5. The molecule has 2 aromatic carbocycles. The van der Waals surface area contributed by atoms with Gasteiger partial charge in [0.2, 0.25) is 0 Å². The largest absolute Gasteiger partial charge is 0.207 e. The van der Waals surface area contributed by atoms with Gasteiger partial charge in [0.05, 0.1) is 9.85 Å². The summed E-state index contributed by atoms with van der Waals surface area (Å²) in [4.78, 5) is -0.241. The third kappa shape index (κ3) is 3.41. The summed E-state index contributed by atoms with van der Waals surface area (Å²) in [5.41, 5.74) is 2.62. The van der Waals surface area contributed by atoms with Crippen molar-refractivity contribution in [2.24, 2.45) is 0 Å². The van der Waals surface area contributed by atoms with Gasteiger partial charge < -0.3 is 0 Å². The van der Waals surface area contributed by atoms with E-state index >= 15 is 0 Å². The van der Waals surface area contributed by atoms with Crippen LogP contribution in [0.2, 0.25) is 5.02 Å². The summed E-state index contributed by atoms with van der Waals surface area (Å²) in [5.74, 6) is -0.296. The SMILES string of the molecule is Cc1ccc(C(Br)c2cc(Cl)c(Br)cc2F)cc1Br. The van der Waals surface area contributed by atoms with Gasteiger partial charge in [0.15, 0.2) is 0 Å². The predicted octanol–water partition coefficient (Wildman–Crippen LogP) is 6.80. The molecule has 0 aliphatic heterocycles. The molecule has 0 fully saturated rings. The molecule has 100 valence electrons. The lowest BCUT2D eigenvalue weighted by molar-refractivity contribution is 0.612. The normalized spacial score (nSPS) is 12.5. The van der Waals surface area contributed by atoms with Gasteiger partial charge in [0, 0.05) is 14.5 Å². The Kier molecular flexibility index (Phi) is 5.09. The van der Waals surface area contributed by atoms with E-state index in [1.54, 1.807) is 6.07 Å². The van der Waals surface area contributed by atoms with E-state index < -0.39 is 0 Å². The van der Waals surface area contributed by atoms with Crippen LogP contribution in [-0.2, 0) is 0 Å². The van der Waals surface area contributed by atoms with Crippen molar-refractivity contribution in [1.29, 1.82) is 0 Å². The van der Waals surface area contributed by atoms with Crippen molar-refractivity contribution in [2.75, 3.05) is 0 Å². The van der Waals surface area contributed by atoms with Crippen LogP contribution < -0.4 is 0 Å². The number of halogens is 5. The summed E-state index contributed by atoms with van der Waals surface area (Å²) in [5, 5.41) is 0.493. The Balaban J connectivity index is 2.46. The zero-order valence-electron chi connectivity index (χ0n) is 9.85. The molecule has 1 unspecified atom stereocenters. The fourth-order valence-corrected chi connectivity index (χ4v) is 3.20. The van der Waals surface area contributed by atoms with Crippen molar-refractivity contribution in [3.8, 4) is 0 Å². The van der Waals surface area contributed by atoms with Gasteiger partial charge in [-0.15, -0.1) is 0 Å². The maximum Gasteiger partial charge on any atom is 0.129 e. The lowest BCUT2D eigenvalue weighted by atomic mass is 10.0. The van der Waals surface area contributed by atoms with Crippen molar-refractivity contribution in [3.63, 3.8) is 0 Å². The van der Waals surface area contributed by atoms with E-state index in [2.05, 4.69) is 47.8 Å². The van der Waals surface area contributed by atoms with Crippen molar-refractivity contribution >= 4 is 59.4 Å². The van der Waals surface area contributed by atoms with Gasteiger partial charge in [-0.25, -0.2) is 4.39 Å². The minimum Gasteiger partial charge on any atom is -0.207 e. The lowest BCUT2D eigenvalue weighted by Crippen LogP contribution is -1.97. The Morgan fingerprint density at radius 1 is 1.11 bits per heavy atom. The van der Waals surface area contributed by atoms with Gasteiger partial charge in [-0.2, -0.15) is 0 Å². The third-order valence-corrected chi connectivity index (χ3v) is 5.87. The molecule has 1 atom stereocenters. The molecule has 0 bridgehead atoms. The van der Waals surface area contributed by atoms with Crippen LogP contribution in [0.25, 0.3) is 0 Å². The fraction of sp³-hybridized carbons (Fsp3) is 0.143. The summed E-state index contributed by atoms with van der Waals surface area (Å²) in [6.45, 7) is 2.01. The molecule has 0 nitrogen and oxygen atoms in total. The first-order chi connectivity index (χ1) is 8.90. The van der Waals surface area contributed by atoms with Crippen LogP contribution >= 0.6 is 59.4 Å². The maximum absolute atomic E-state index is 14.0. The second-order valence-corrected chi connectivity index (χ2v) is 7.19. The highest BCUT2D eigenvalue weighted by Gasteiger charge is 2.17. The van der Waals surface area contributed by atoms with Gasteiger partial charge in [0.25, 0.3) is 0 Å². The molecule has 0 spiro atoms. The molecular formula is C14H9Br3ClF. The Morgan fingerprint density at radius 2 is 1.79 bits per heavy atom. The maximum atomic E-state index is 14.0. The average molecular weight is 471 g/mol. The summed E-state index contributed by atoms with van der Waals surface area (Å²) < 4.78 is 15.6. The van der Waals surface area contributed by atoms with E-state index in [1.165, 1.54) is 6.07 Å². The molecule has 0 saturated heterocycles. The molecule has 2 rings (SSSR count). The summed E-state index contributed by atoms with van der Waals surface area (Å²) in [6.07, 6.45) is 0. The van der Waals surface area contributed by atoms with E-state index in [1.807, 2.05) is 25.1 Å². The average Bonchev–Trinajstić information content (AvgIpc) is 2.36. The molecule has 0 N–H and O–H groups in total. The minimum absolute atomic E-state index is 0.241. The highest BCUT2D eigenvalue weighted by molar-refractivity contribution is 9.11. The van der Waals surface area contributed by atoms with Gasteiger partial charge >= 0.3 is 0 Å². The number of hydrogen-bond donors (Lipinski definition) is 0. The monoisotopic (exact) mass is 468 g/mol. The van der Waals surface area contributed by atoms with Crippen LogP contribution in [0.5, 0.6) is 0 Å². The Hall–Kier alpha value is 0.1000. The molecule has 0 amide bonds. The number of alkyl halides is 1. The molecule has 0 aliphatic carbocycles. The number of aryl methyl sites for hydroxylation is 1. The molecule has 0 aliphatic rings. The standard InChI is InChI=1S/C14H9Br3ClF/c1-7-2-3-8(4-10(7)15)14(17)9-5-12(18)11(16)6-13(9)19/h2-6,14H,1H3. The number of rotatable bonds is 2. The summed E-state index contributed by atoms with van der Waals surface area (Å²) >= 11 is 16.3. The van der Waals surface area contributed by atoms with Crippen LogP contribution in [0, 0.1) is 12.7 Å². The predicted molar refractivity (Wildman–Crippen MR) is 88.8 cm³/mol. The van der Waals surface area contributed by atoms with Gasteiger partial charge in [0.1, 0.15) is 5.82 Å². The van der Waals surface area contributed by atoms with Crippen LogP contribution in [0.1, 0.15) is 21.5 Å². The number of hydrogen-bond acceptors (Lipinski definition) is 0. The van der Waals surface area contributed by atoms with Crippen LogP contribution in [0.3, 0.4) is 0 Å². The third-order valence-electron chi connectivity index (χ3n) is 2.80. The zero-order chi connectivity index (χ0) is 14.2. The van der Waals surface area contributed by atoms with Crippen molar-refractivity contribution in [2.45, 2.75) is 11.8 Å². The molecule has 5 heteroatoms. The fourth-order valence-electron chi connectivity index (χ4n) is 1.68. The van der Waals surface area contributed by atoms with Crippen LogP contribution in [0.15, 0.2) is 39.3 Å². The Morgan fingerprint density at radius 3 is 2.42 bits per heavy atom. The smallest absolute Gasteiger partial charge is 0.129 e. The molecule has 19 heavy (non-hydrogen) atoms. The highest BCUT2D eigenvalue weighted by atomic mass is 79.9. The molecule has 2 aromatic rings. The summed E-state index contributed by atoms with van der Waals surface area (Å²) in [6, 6.07) is 8.95. The van der Waals surface area contributed by atoms with Crippen molar-refractivity contribution in [3.05, 3.63) is 66.8 Å². The first-order valence-electron chi connectivity index (χ1n) is 5.44. The highest BCUT2D eigenvalue weighted by Crippen LogP contribution is 2.37. The topological polar surface area (TPSA) is 0 Å². The van der Waals surface area contributed by atoms with Gasteiger partial charge in [-0.1, -0.05) is 55.6 Å². The Bertz CT molecular complexity index is 628. The quantitative estimate of drug-likeness (QED) is 0.334. The second-order valence-electron chi connectivity index (χ2n) is 4.16.